The van der Waals surface area contributed by atoms with Gasteiger partial charge >= 0.3 is 0 Å². The molecule has 2 aromatic rings. The fourth-order valence-electron chi connectivity index (χ4n) is 2.69. The van der Waals surface area contributed by atoms with Crippen molar-refractivity contribution in [2.45, 2.75) is 31.3 Å². The normalized spacial score (nSPS) is 12.2. The van der Waals surface area contributed by atoms with Gasteiger partial charge in [0.1, 0.15) is 12.5 Å². The van der Waals surface area contributed by atoms with Crippen LogP contribution in [0.1, 0.15) is 17.5 Å². The summed E-state index contributed by atoms with van der Waals surface area (Å²) in [6.45, 7) is 0. The van der Waals surface area contributed by atoms with Gasteiger partial charge in [0.2, 0.25) is 11.8 Å². The molecule has 7 heteroatoms. The summed E-state index contributed by atoms with van der Waals surface area (Å²) < 4.78 is 0. The fourth-order valence-corrected chi connectivity index (χ4v) is 2.69. The molecule has 0 unspecified atom stereocenters. The van der Waals surface area contributed by atoms with Gasteiger partial charge in [0.05, 0.1) is 18.1 Å². The van der Waals surface area contributed by atoms with E-state index in [2.05, 4.69) is 10.6 Å². The number of nitrogens with one attached hydrogen (secondary N) is 2. The van der Waals surface area contributed by atoms with Crippen LogP contribution in [0.4, 0.5) is 0 Å². The first-order chi connectivity index (χ1) is 13.5. The van der Waals surface area contributed by atoms with Crippen molar-refractivity contribution in [3.8, 4) is 6.07 Å². The quantitative estimate of drug-likeness (QED) is 0.641. The minimum atomic E-state index is -1.42. The maximum atomic E-state index is 12.7. The van der Waals surface area contributed by atoms with Gasteiger partial charge in [-0.2, -0.15) is 5.26 Å². The summed E-state index contributed by atoms with van der Waals surface area (Å²) in [5.41, 5.74) is 1.51. The molecule has 2 amide bonds. The van der Waals surface area contributed by atoms with E-state index in [4.69, 9.17) is 5.26 Å². The van der Waals surface area contributed by atoms with Crippen molar-refractivity contribution in [1.82, 2.24) is 10.6 Å². The molecular weight excluding hydrogens is 358 g/mol. The van der Waals surface area contributed by atoms with E-state index in [1.54, 1.807) is 60.7 Å². The van der Waals surface area contributed by atoms with Crippen LogP contribution in [0.3, 0.4) is 0 Å². The Balaban J connectivity index is 2.13. The number of carbonyl (C=O) groups excluding carboxylic acids is 3. The van der Waals surface area contributed by atoms with Gasteiger partial charge in [-0.15, -0.1) is 0 Å². The smallest absolute Gasteiger partial charge is 0.243 e. The molecule has 2 atom stereocenters. The van der Waals surface area contributed by atoms with E-state index in [0.29, 0.717) is 0 Å². The lowest BCUT2D eigenvalue weighted by molar-refractivity contribution is -0.308. The Morgan fingerprint density at radius 2 is 1.36 bits per heavy atom. The predicted octanol–water partition coefficient (Wildman–Crippen LogP) is 0.105. The summed E-state index contributed by atoms with van der Waals surface area (Å²) in [6, 6.07) is 17.3. The van der Waals surface area contributed by atoms with Crippen LogP contribution in [0.25, 0.3) is 0 Å². The first-order valence-electron chi connectivity index (χ1n) is 8.75. The van der Waals surface area contributed by atoms with Crippen molar-refractivity contribution in [2.24, 2.45) is 0 Å². The molecule has 7 nitrogen and oxygen atoms in total. The Morgan fingerprint density at radius 3 is 1.82 bits per heavy atom. The van der Waals surface area contributed by atoms with E-state index < -0.39 is 36.3 Å². The van der Waals surface area contributed by atoms with Crippen LogP contribution in [-0.2, 0) is 27.2 Å². The zero-order chi connectivity index (χ0) is 20.4. The van der Waals surface area contributed by atoms with Crippen molar-refractivity contribution in [1.29, 1.82) is 5.26 Å². The standard InChI is InChI=1S/C21H21N3O4/c22-12-11-19(25)23-17(13-15-7-3-1-4-8-15)20(26)24-18(21(27)28)14-16-9-5-2-6-10-16/h1-10,17-18H,11,13-14H2,(H,23,25)(H,24,26)(H,27,28)/p-1/t17-,18-/m0/s1. The zero-order valence-electron chi connectivity index (χ0n) is 15.1. The second-order valence-corrected chi connectivity index (χ2v) is 6.21. The van der Waals surface area contributed by atoms with Crippen molar-refractivity contribution < 1.29 is 19.5 Å². The molecule has 0 saturated heterocycles. The molecule has 0 aromatic heterocycles. The van der Waals surface area contributed by atoms with Crippen LogP contribution < -0.4 is 15.7 Å². The first-order valence-corrected chi connectivity index (χ1v) is 8.75. The third-order valence-electron chi connectivity index (χ3n) is 4.06. The Hall–Kier alpha value is -3.66. The molecule has 0 aliphatic carbocycles. The van der Waals surface area contributed by atoms with Gasteiger partial charge < -0.3 is 20.5 Å². The van der Waals surface area contributed by atoms with E-state index in [1.807, 2.05) is 6.07 Å². The van der Waals surface area contributed by atoms with E-state index in [1.165, 1.54) is 0 Å². The van der Waals surface area contributed by atoms with Crippen LogP contribution in [0.5, 0.6) is 0 Å². The Kier molecular flexibility index (Phi) is 7.73. The lowest BCUT2D eigenvalue weighted by Crippen LogP contribution is -2.55. The molecule has 144 valence electrons. The van der Waals surface area contributed by atoms with Crippen LogP contribution in [-0.4, -0.2) is 29.9 Å². The van der Waals surface area contributed by atoms with Crippen LogP contribution in [0, 0.1) is 11.3 Å². The lowest BCUT2D eigenvalue weighted by Gasteiger charge is -2.24. The van der Waals surface area contributed by atoms with E-state index in [-0.39, 0.29) is 12.8 Å². The minimum absolute atomic E-state index is 0.0547. The number of carboxylic acid groups (broad SMARTS) is 1. The Morgan fingerprint density at radius 1 is 0.857 bits per heavy atom. The van der Waals surface area contributed by atoms with Crippen molar-refractivity contribution >= 4 is 17.8 Å². The number of aliphatic carboxylic acids is 1. The lowest BCUT2D eigenvalue weighted by atomic mass is 10.0. The maximum Gasteiger partial charge on any atom is 0.243 e. The average Bonchev–Trinajstić information content (AvgIpc) is 2.68. The topological polar surface area (TPSA) is 122 Å². The number of nitriles is 1. The summed E-state index contributed by atoms with van der Waals surface area (Å²) in [5.74, 6) is -2.68. The summed E-state index contributed by atoms with van der Waals surface area (Å²) in [7, 11) is 0. The summed E-state index contributed by atoms with van der Waals surface area (Å²) >= 11 is 0. The zero-order valence-corrected chi connectivity index (χ0v) is 15.1. The van der Waals surface area contributed by atoms with Crippen LogP contribution in [0.15, 0.2) is 60.7 Å². The van der Waals surface area contributed by atoms with E-state index >= 15 is 0 Å². The van der Waals surface area contributed by atoms with Crippen LogP contribution >= 0.6 is 0 Å². The van der Waals surface area contributed by atoms with E-state index in [0.717, 1.165) is 11.1 Å². The molecule has 0 heterocycles. The number of carbonyl (C=O) groups is 3. The Labute approximate surface area is 163 Å². The van der Waals surface area contributed by atoms with Gasteiger partial charge in [-0.25, -0.2) is 0 Å². The molecule has 0 fully saturated rings. The number of benzene rings is 2. The highest BCUT2D eigenvalue weighted by molar-refractivity contribution is 5.90. The van der Waals surface area contributed by atoms with Crippen molar-refractivity contribution in [2.75, 3.05) is 0 Å². The van der Waals surface area contributed by atoms with Gasteiger partial charge in [-0.05, 0) is 17.5 Å². The molecule has 0 spiro atoms. The van der Waals surface area contributed by atoms with Gasteiger partial charge in [0, 0.05) is 6.42 Å². The highest BCUT2D eigenvalue weighted by Crippen LogP contribution is 2.06. The molecule has 2 rings (SSSR count). The molecule has 0 radical (unpaired) electrons. The molecule has 2 aromatic carbocycles. The molecule has 28 heavy (non-hydrogen) atoms. The van der Waals surface area contributed by atoms with Gasteiger partial charge in [0.15, 0.2) is 0 Å². The van der Waals surface area contributed by atoms with E-state index in [9.17, 15) is 19.5 Å². The monoisotopic (exact) mass is 378 g/mol. The molecule has 0 aliphatic heterocycles. The highest BCUT2D eigenvalue weighted by atomic mass is 16.4. The third kappa shape index (κ3) is 6.57. The maximum absolute atomic E-state index is 12.7. The van der Waals surface area contributed by atoms with Gasteiger partial charge in [-0.3, -0.25) is 9.59 Å². The second-order valence-electron chi connectivity index (χ2n) is 6.21. The molecule has 0 aliphatic rings. The first kappa shape index (κ1) is 20.6. The molecule has 0 bridgehead atoms. The fraction of sp³-hybridized carbons (Fsp3) is 0.238. The summed E-state index contributed by atoms with van der Waals surface area (Å²) in [5, 5.41) is 25.1. The third-order valence-corrected chi connectivity index (χ3v) is 4.06. The number of nitrogens with zero attached hydrogens (tertiary/aromatic N) is 1. The summed E-state index contributed by atoms with van der Waals surface area (Å²) in [6.07, 6.45) is -0.180. The molecule has 2 N–H and O–H groups in total. The van der Waals surface area contributed by atoms with Gasteiger partial charge in [0.25, 0.3) is 0 Å². The number of hydrogen-bond donors (Lipinski definition) is 2. The van der Waals surface area contributed by atoms with Crippen molar-refractivity contribution in [3.05, 3.63) is 71.8 Å². The van der Waals surface area contributed by atoms with Gasteiger partial charge in [-0.1, -0.05) is 60.7 Å². The number of carboxylic acids is 1. The molecular formula is C21H20N3O4-. The van der Waals surface area contributed by atoms with Crippen molar-refractivity contribution in [3.63, 3.8) is 0 Å². The largest absolute Gasteiger partial charge is 0.548 e. The number of hydrogen-bond acceptors (Lipinski definition) is 5. The average molecular weight is 378 g/mol. The highest BCUT2D eigenvalue weighted by Gasteiger charge is 2.24. The minimum Gasteiger partial charge on any atom is -0.548 e. The van der Waals surface area contributed by atoms with Crippen LogP contribution in [0.2, 0.25) is 0 Å². The SMILES string of the molecule is N#CCC(=O)N[C@@H](Cc1ccccc1)C(=O)N[C@@H](Cc1ccccc1)C(=O)[O-]. The molecule has 0 saturated carbocycles. The second kappa shape index (κ2) is 10.5. The summed E-state index contributed by atoms with van der Waals surface area (Å²) in [4.78, 5) is 36.0. The Bertz CT molecular complexity index is 847. The number of rotatable bonds is 9. The predicted molar refractivity (Wildman–Crippen MR) is 99.4 cm³/mol. The number of amides is 2.